The summed E-state index contributed by atoms with van der Waals surface area (Å²) >= 11 is 0. The van der Waals surface area contributed by atoms with Gasteiger partial charge in [0.05, 0.1) is 72.7 Å². The molecule has 3 aromatic carbocycles. The number of benzene rings is 3. The van der Waals surface area contributed by atoms with Crippen molar-refractivity contribution in [2.24, 2.45) is 0 Å². The number of nitrogens with one attached hydrogen (secondary N) is 1. The van der Waals surface area contributed by atoms with Gasteiger partial charge in [-0.3, -0.25) is 0 Å². The Morgan fingerprint density at radius 2 is 1.02 bits per heavy atom. The van der Waals surface area contributed by atoms with Gasteiger partial charge in [-0.15, -0.1) is 0 Å². The van der Waals surface area contributed by atoms with E-state index < -0.39 is 6.09 Å². The summed E-state index contributed by atoms with van der Waals surface area (Å²) in [5.41, 5.74) is 11.2. The minimum absolute atomic E-state index is 0.0529. The molecule has 0 fully saturated rings. The molecular weight excluding hydrogens is 604 g/mol. The van der Waals surface area contributed by atoms with Crippen molar-refractivity contribution in [1.29, 1.82) is 0 Å². The van der Waals surface area contributed by atoms with Crippen LogP contribution in [0.3, 0.4) is 0 Å². The molecule has 0 bridgehead atoms. The van der Waals surface area contributed by atoms with E-state index in [0.29, 0.717) is 111 Å². The van der Waals surface area contributed by atoms with Crippen molar-refractivity contribution in [3.8, 4) is 16.9 Å². The number of hydrogen-bond acceptors (Lipinski definition) is 10. The first-order chi connectivity index (χ1) is 23.2. The molecule has 1 aliphatic carbocycles. The number of carbonyl (C=O) groups excluding carboxylic acids is 1. The molecule has 0 saturated heterocycles. The first-order valence-electron chi connectivity index (χ1n) is 16.3. The van der Waals surface area contributed by atoms with E-state index in [4.69, 9.17) is 43.6 Å². The van der Waals surface area contributed by atoms with Crippen molar-refractivity contribution in [3.63, 3.8) is 0 Å². The highest BCUT2D eigenvalue weighted by Gasteiger charge is 2.28. The summed E-state index contributed by atoms with van der Waals surface area (Å²) in [5, 5.41) is 2.80. The van der Waals surface area contributed by atoms with Crippen LogP contribution in [-0.4, -0.2) is 105 Å². The lowest BCUT2D eigenvalue weighted by Crippen LogP contribution is -2.27. The molecule has 256 valence electrons. The van der Waals surface area contributed by atoms with Crippen LogP contribution in [0.4, 0.5) is 10.5 Å². The molecule has 0 aromatic heterocycles. The van der Waals surface area contributed by atoms with Crippen LogP contribution in [0.15, 0.2) is 72.8 Å². The maximum atomic E-state index is 12.2. The fourth-order valence-corrected chi connectivity index (χ4v) is 5.00. The maximum Gasteiger partial charge on any atom is 0.407 e. The van der Waals surface area contributed by atoms with E-state index in [1.807, 2.05) is 36.4 Å². The van der Waals surface area contributed by atoms with Crippen LogP contribution in [0.1, 0.15) is 23.5 Å². The minimum atomic E-state index is -0.413. The third-order valence-corrected chi connectivity index (χ3v) is 7.32. The van der Waals surface area contributed by atoms with Gasteiger partial charge in [-0.05, 0) is 52.9 Å². The van der Waals surface area contributed by atoms with E-state index in [-0.39, 0.29) is 5.92 Å². The van der Waals surface area contributed by atoms with Crippen molar-refractivity contribution < 1.29 is 42.7 Å². The molecule has 4 rings (SSSR count). The van der Waals surface area contributed by atoms with E-state index in [2.05, 4.69) is 29.6 Å². The summed E-state index contributed by atoms with van der Waals surface area (Å²) in [6.07, 6.45) is 0.275. The maximum absolute atomic E-state index is 12.2. The van der Waals surface area contributed by atoms with E-state index in [1.54, 1.807) is 12.1 Å². The molecule has 47 heavy (non-hydrogen) atoms. The Labute approximate surface area is 277 Å². The van der Waals surface area contributed by atoms with E-state index >= 15 is 0 Å². The Kier molecular flexibility index (Phi) is 16.9. The zero-order valence-corrected chi connectivity index (χ0v) is 27.1. The predicted octanol–water partition coefficient (Wildman–Crippen LogP) is 4.68. The highest BCUT2D eigenvalue weighted by molar-refractivity contribution is 5.79. The van der Waals surface area contributed by atoms with Crippen LogP contribution in [0.5, 0.6) is 5.75 Å². The third kappa shape index (κ3) is 13.5. The van der Waals surface area contributed by atoms with E-state index in [9.17, 15) is 4.79 Å². The molecule has 0 radical (unpaired) electrons. The number of amides is 1. The predicted molar refractivity (Wildman–Crippen MR) is 179 cm³/mol. The Morgan fingerprint density at radius 3 is 1.53 bits per heavy atom. The topological polar surface area (TPSA) is 129 Å². The zero-order chi connectivity index (χ0) is 32.8. The monoisotopic (exact) mass is 652 g/mol. The molecule has 11 heteroatoms. The number of nitrogen functional groups attached to an aromatic ring is 1. The van der Waals surface area contributed by atoms with Gasteiger partial charge >= 0.3 is 6.09 Å². The second-order valence-electron chi connectivity index (χ2n) is 10.7. The van der Waals surface area contributed by atoms with Gasteiger partial charge in [-0.1, -0.05) is 48.5 Å². The Hall–Kier alpha value is -3.71. The largest absolute Gasteiger partial charge is 0.491 e. The Balaban J connectivity index is 0.847. The van der Waals surface area contributed by atoms with Gasteiger partial charge in [0.2, 0.25) is 0 Å². The van der Waals surface area contributed by atoms with Crippen LogP contribution in [0.25, 0.3) is 11.1 Å². The molecule has 0 atom stereocenters. The normalized spacial score (nSPS) is 12.1. The van der Waals surface area contributed by atoms with Crippen LogP contribution in [0.2, 0.25) is 0 Å². The lowest BCUT2D eigenvalue weighted by Gasteiger charge is -2.14. The molecule has 3 N–H and O–H groups in total. The first kappa shape index (κ1) is 36.1. The second kappa shape index (κ2) is 22.0. The van der Waals surface area contributed by atoms with Crippen LogP contribution in [0, 0.1) is 0 Å². The summed E-state index contributed by atoms with van der Waals surface area (Å²) in [6.45, 7) is 7.21. The smallest absolute Gasteiger partial charge is 0.407 e. The molecule has 0 spiro atoms. The van der Waals surface area contributed by atoms with Gasteiger partial charge in [0.1, 0.15) is 19.0 Å². The highest BCUT2D eigenvalue weighted by Crippen LogP contribution is 2.44. The van der Waals surface area contributed by atoms with E-state index in [0.717, 1.165) is 5.75 Å². The molecule has 0 unspecified atom stereocenters. The van der Waals surface area contributed by atoms with Gasteiger partial charge in [-0.2, -0.15) is 0 Å². The lowest BCUT2D eigenvalue weighted by atomic mass is 9.98. The molecule has 0 saturated carbocycles. The number of carbonyl (C=O) groups is 1. The lowest BCUT2D eigenvalue weighted by molar-refractivity contribution is -0.0178. The number of ether oxygens (including phenoxy) is 8. The van der Waals surface area contributed by atoms with Crippen molar-refractivity contribution >= 4 is 11.8 Å². The number of anilines is 1. The standard InChI is InChI=1S/C36H48N2O9/c37-29-10-12-30(13-11-29)46-27-26-45-25-24-44-23-22-43-21-20-42-19-18-41-17-16-40-15-5-14-38-36(39)47-28-35-33-8-3-1-6-31(33)32-7-2-4-9-34(32)35/h1-4,6-13,35H,5,14-28,37H2,(H,38,39). The van der Waals surface area contributed by atoms with E-state index in [1.165, 1.54) is 22.3 Å². The molecule has 0 aliphatic heterocycles. The summed E-state index contributed by atoms with van der Waals surface area (Å²) in [6, 6.07) is 23.8. The van der Waals surface area contributed by atoms with Crippen LogP contribution in [-0.2, 0) is 33.2 Å². The SMILES string of the molecule is Nc1ccc(OCCOCCOCCOCCOCCOCCOCCCNC(=O)OCC2c3ccccc3-c3ccccc32)cc1. The number of alkyl carbamates (subject to hydrolysis) is 1. The van der Waals surface area contributed by atoms with Crippen molar-refractivity contribution in [3.05, 3.63) is 83.9 Å². The Bertz CT molecular complexity index is 1250. The van der Waals surface area contributed by atoms with Crippen molar-refractivity contribution in [2.45, 2.75) is 12.3 Å². The minimum Gasteiger partial charge on any atom is -0.491 e. The molecule has 3 aromatic rings. The number of nitrogens with two attached hydrogens (primary N) is 1. The summed E-state index contributed by atoms with van der Waals surface area (Å²) in [7, 11) is 0. The summed E-state index contributed by atoms with van der Waals surface area (Å²) < 4.78 is 44.2. The Morgan fingerprint density at radius 1 is 0.574 bits per heavy atom. The summed E-state index contributed by atoms with van der Waals surface area (Å²) in [5.74, 6) is 0.822. The zero-order valence-electron chi connectivity index (χ0n) is 27.1. The highest BCUT2D eigenvalue weighted by atomic mass is 16.6. The van der Waals surface area contributed by atoms with Crippen LogP contribution >= 0.6 is 0 Å². The van der Waals surface area contributed by atoms with Gasteiger partial charge < -0.3 is 48.9 Å². The quantitative estimate of drug-likeness (QED) is 0.0984. The second-order valence-corrected chi connectivity index (χ2v) is 10.7. The van der Waals surface area contributed by atoms with Gasteiger partial charge in [0, 0.05) is 24.8 Å². The fourth-order valence-electron chi connectivity index (χ4n) is 5.00. The number of fused-ring (bicyclic) bond motifs is 3. The average molecular weight is 653 g/mol. The number of hydrogen-bond donors (Lipinski definition) is 2. The van der Waals surface area contributed by atoms with Crippen molar-refractivity contribution in [1.82, 2.24) is 5.32 Å². The third-order valence-electron chi connectivity index (χ3n) is 7.32. The van der Waals surface area contributed by atoms with Gasteiger partial charge in [0.25, 0.3) is 0 Å². The average Bonchev–Trinajstić information content (AvgIpc) is 3.42. The van der Waals surface area contributed by atoms with Gasteiger partial charge in [-0.25, -0.2) is 4.79 Å². The number of rotatable bonds is 25. The summed E-state index contributed by atoms with van der Waals surface area (Å²) in [4.78, 5) is 12.2. The molecule has 0 heterocycles. The molecule has 1 amide bonds. The molecule has 1 aliphatic rings. The van der Waals surface area contributed by atoms with Crippen LogP contribution < -0.4 is 15.8 Å². The fraction of sp³-hybridized carbons (Fsp3) is 0.472. The van der Waals surface area contributed by atoms with Gasteiger partial charge in [0.15, 0.2) is 0 Å². The first-order valence-corrected chi connectivity index (χ1v) is 16.3. The van der Waals surface area contributed by atoms with Crippen molar-refractivity contribution in [2.75, 3.05) is 105 Å². The molecular formula is C36H48N2O9. The molecule has 11 nitrogen and oxygen atoms in total.